The Kier molecular flexibility index (Phi) is 4.63. The molecule has 0 aromatic heterocycles. The maximum Gasteiger partial charge on any atom is 0.326 e. The summed E-state index contributed by atoms with van der Waals surface area (Å²) in [6, 6.07) is 1.23. The number of fused-ring (bicyclic) bond motifs is 1. The Morgan fingerprint density at radius 2 is 2.05 bits per heavy atom. The normalized spacial score (nSPS) is 18.5. The van der Waals surface area contributed by atoms with Crippen molar-refractivity contribution in [1.29, 1.82) is 0 Å². The van der Waals surface area contributed by atoms with Crippen LogP contribution < -0.4 is 10.2 Å². The van der Waals surface area contributed by atoms with E-state index < -0.39 is 29.6 Å². The van der Waals surface area contributed by atoms with Crippen LogP contribution >= 0.6 is 0 Å². The molecule has 0 saturated carbocycles. The van der Waals surface area contributed by atoms with Crippen LogP contribution in [0.5, 0.6) is 0 Å². The Bertz CT molecular complexity index is 607. The van der Waals surface area contributed by atoms with Gasteiger partial charge in [0.1, 0.15) is 12.6 Å². The number of amides is 1. The number of hydrogen-bond donors (Lipinski definition) is 1. The predicted octanol–water partition coefficient (Wildman–Crippen LogP) is 2.45. The summed E-state index contributed by atoms with van der Waals surface area (Å²) in [5.41, 5.74) is 0.394. The molecule has 2 unspecified atom stereocenters. The lowest BCUT2D eigenvalue weighted by Crippen LogP contribution is -2.48. The van der Waals surface area contributed by atoms with E-state index in [1.54, 1.807) is 13.8 Å². The van der Waals surface area contributed by atoms with Gasteiger partial charge in [0.2, 0.25) is 5.91 Å². The second-order valence-electron chi connectivity index (χ2n) is 5.28. The van der Waals surface area contributed by atoms with Crippen LogP contribution in [0.3, 0.4) is 0 Å². The molecule has 2 atom stereocenters. The third kappa shape index (κ3) is 3.18. The minimum absolute atomic E-state index is 0.128. The lowest BCUT2D eigenvalue weighted by Gasteiger charge is -2.33. The number of esters is 1. The van der Waals surface area contributed by atoms with Gasteiger partial charge < -0.3 is 10.1 Å². The summed E-state index contributed by atoms with van der Waals surface area (Å²) < 4.78 is 31.9. The molecule has 5 nitrogen and oxygen atoms in total. The van der Waals surface area contributed by atoms with Gasteiger partial charge in [0.25, 0.3) is 0 Å². The number of benzene rings is 1. The van der Waals surface area contributed by atoms with Crippen molar-refractivity contribution in [3.8, 4) is 0 Å². The smallest absolute Gasteiger partial charge is 0.326 e. The maximum atomic E-state index is 13.4. The number of hydrogen-bond acceptors (Lipinski definition) is 4. The molecule has 7 heteroatoms. The first-order valence-electron chi connectivity index (χ1n) is 7.10. The number of nitrogens with one attached hydrogen (secondary N) is 1. The molecule has 0 bridgehead atoms. The Morgan fingerprint density at radius 3 is 2.68 bits per heavy atom. The molecule has 0 aliphatic carbocycles. The zero-order chi connectivity index (χ0) is 16.4. The van der Waals surface area contributed by atoms with Crippen LogP contribution in [0.25, 0.3) is 0 Å². The molecule has 0 saturated heterocycles. The van der Waals surface area contributed by atoms with Gasteiger partial charge in [0, 0.05) is 12.1 Å². The zero-order valence-corrected chi connectivity index (χ0v) is 12.7. The fourth-order valence-corrected chi connectivity index (χ4v) is 2.16. The van der Waals surface area contributed by atoms with E-state index in [4.69, 9.17) is 4.74 Å². The number of carbonyl (C=O) groups excluding carboxylic acids is 2. The highest BCUT2D eigenvalue weighted by Crippen LogP contribution is 2.33. The van der Waals surface area contributed by atoms with Crippen LogP contribution in [0.15, 0.2) is 12.1 Å². The lowest BCUT2D eigenvalue weighted by molar-refractivity contribution is -0.147. The van der Waals surface area contributed by atoms with Crippen molar-refractivity contribution in [1.82, 2.24) is 0 Å². The standard InChI is InChI=1S/C15H18F2N2O3/c1-4-8(2)22-14(20)7-19-13-6-11(17)10(16)5-12(13)18-9(3)15(19)21/h5-6,8-9,18H,4,7H2,1-3H3. The van der Waals surface area contributed by atoms with E-state index in [9.17, 15) is 18.4 Å². The average Bonchev–Trinajstić information content (AvgIpc) is 2.46. The Balaban J connectivity index is 2.29. The second kappa shape index (κ2) is 6.29. The van der Waals surface area contributed by atoms with Gasteiger partial charge in [-0.25, -0.2) is 8.78 Å². The van der Waals surface area contributed by atoms with E-state index >= 15 is 0 Å². The van der Waals surface area contributed by atoms with Crippen LogP contribution in [0, 0.1) is 11.6 Å². The maximum absolute atomic E-state index is 13.4. The monoisotopic (exact) mass is 312 g/mol. The SMILES string of the molecule is CCC(C)OC(=O)CN1C(=O)C(C)Nc2cc(F)c(F)cc21. The Morgan fingerprint density at radius 1 is 1.41 bits per heavy atom. The molecule has 0 fully saturated rings. The average molecular weight is 312 g/mol. The van der Waals surface area contributed by atoms with Gasteiger partial charge in [-0.3, -0.25) is 14.5 Å². The Labute approximate surface area is 127 Å². The molecule has 22 heavy (non-hydrogen) atoms. The van der Waals surface area contributed by atoms with Crippen molar-refractivity contribution in [2.24, 2.45) is 0 Å². The van der Waals surface area contributed by atoms with Gasteiger partial charge in [-0.2, -0.15) is 0 Å². The molecule has 1 aliphatic heterocycles. The summed E-state index contributed by atoms with van der Waals surface area (Å²) in [7, 11) is 0. The summed E-state index contributed by atoms with van der Waals surface area (Å²) >= 11 is 0. The van der Waals surface area contributed by atoms with Crippen LogP contribution in [0.2, 0.25) is 0 Å². The second-order valence-corrected chi connectivity index (χ2v) is 5.28. The van der Waals surface area contributed by atoms with Crippen LogP contribution in [-0.4, -0.2) is 30.6 Å². The lowest BCUT2D eigenvalue weighted by atomic mass is 10.1. The number of nitrogens with zero attached hydrogens (tertiary/aromatic N) is 1. The molecular formula is C15H18F2N2O3. The van der Waals surface area contributed by atoms with Gasteiger partial charge in [-0.1, -0.05) is 6.92 Å². The van der Waals surface area contributed by atoms with Gasteiger partial charge in [0.05, 0.1) is 17.5 Å². The number of anilines is 2. The number of ether oxygens (including phenoxy) is 1. The van der Waals surface area contributed by atoms with E-state index in [0.717, 1.165) is 17.0 Å². The highest BCUT2D eigenvalue weighted by atomic mass is 19.2. The van der Waals surface area contributed by atoms with E-state index in [1.807, 2.05) is 6.92 Å². The van der Waals surface area contributed by atoms with Crippen LogP contribution in [-0.2, 0) is 14.3 Å². The quantitative estimate of drug-likeness (QED) is 0.868. The van der Waals surface area contributed by atoms with Crippen molar-refractivity contribution in [2.75, 3.05) is 16.8 Å². The van der Waals surface area contributed by atoms with Crippen LogP contribution in [0.1, 0.15) is 27.2 Å². The summed E-state index contributed by atoms with van der Waals surface area (Å²) in [6.07, 6.45) is 0.376. The third-order valence-corrected chi connectivity index (χ3v) is 3.53. The summed E-state index contributed by atoms with van der Waals surface area (Å²) in [5, 5.41) is 2.78. The first kappa shape index (κ1) is 16.2. The molecule has 0 radical (unpaired) electrons. The molecule has 0 spiro atoms. The minimum atomic E-state index is -1.08. The van der Waals surface area contributed by atoms with E-state index in [-0.39, 0.29) is 24.0 Å². The Hall–Kier alpha value is -2.18. The summed E-state index contributed by atoms with van der Waals surface area (Å²) in [6.45, 7) is 4.85. The topological polar surface area (TPSA) is 58.6 Å². The molecule has 120 valence electrons. The third-order valence-electron chi connectivity index (χ3n) is 3.53. The molecule has 1 N–H and O–H groups in total. The number of halogens is 2. The highest BCUT2D eigenvalue weighted by molar-refractivity contribution is 6.07. The van der Waals surface area contributed by atoms with Gasteiger partial charge in [0.15, 0.2) is 11.6 Å². The van der Waals surface area contributed by atoms with Crippen molar-refractivity contribution >= 4 is 23.3 Å². The number of rotatable bonds is 4. The van der Waals surface area contributed by atoms with E-state index in [1.165, 1.54) is 0 Å². The molecule has 1 aromatic rings. The molecule has 1 aliphatic rings. The molecular weight excluding hydrogens is 294 g/mol. The van der Waals surface area contributed by atoms with E-state index in [0.29, 0.717) is 6.42 Å². The first-order chi connectivity index (χ1) is 10.3. The summed E-state index contributed by atoms with van der Waals surface area (Å²) in [4.78, 5) is 25.2. The fraction of sp³-hybridized carbons (Fsp3) is 0.467. The molecule has 1 heterocycles. The van der Waals surface area contributed by atoms with Crippen molar-refractivity contribution < 1.29 is 23.1 Å². The van der Waals surface area contributed by atoms with Gasteiger partial charge in [-0.15, -0.1) is 0 Å². The molecule has 1 amide bonds. The van der Waals surface area contributed by atoms with Crippen LogP contribution in [0.4, 0.5) is 20.2 Å². The largest absolute Gasteiger partial charge is 0.461 e. The minimum Gasteiger partial charge on any atom is -0.461 e. The highest BCUT2D eigenvalue weighted by Gasteiger charge is 2.32. The predicted molar refractivity (Wildman–Crippen MR) is 77.6 cm³/mol. The van der Waals surface area contributed by atoms with Gasteiger partial charge in [-0.05, 0) is 20.3 Å². The van der Waals surface area contributed by atoms with Gasteiger partial charge >= 0.3 is 5.97 Å². The summed E-state index contributed by atoms with van der Waals surface area (Å²) in [5.74, 6) is -3.09. The fourth-order valence-electron chi connectivity index (χ4n) is 2.16. The number of carbonyl (C=O) groups is 2. The van der Waals surface area contributed by atoms with Crippen molar-refractivity contribution in [2.45, 2.75) is 39.3 Å². The van der Waals surface area contributed by atoms with E-state index in [2.05, 4.69) is 5.32 Å². The zero-order valence-electron chi connectivity index (χ0n) is 12.7. The molecule has 1 aromatic carbocycles. The van der Waals surface area contributed by atoms with Crippen molar-refractivity contribution in [3.05, 3.63) is 23.8 Å². The van der Waals surface area contributed by atoms with Crippen molar-refractivity contribution in [3.63, 3.8) is 0 Å². The molecule has 2 rings (SSSR count). The first-order valence-corrected chi connectivity index (χ1v) is 7.10.